The zero-order valence-corrected chi connectivity index (χ0v) is 14.5. The highest BCUT2D eigenvalue weighted by atomic mass is 15.0. The second-order valence-corrected chi connectivity index (χ2v) is 6.47. The topological polar surface area (TPSA) is 15.3 Å². The molecule has 0 fully saturated rings. The van der Waals surface area contributed by atoms with Crippen molar-refractivity contribution in [3.8, 4) is 0 Å². The Bertz CT molecular complexity index is 630. The fourth-order valence-electron chi connectivity index (χ4n) is 2.77. The van der Waals surface area contributed by atoms with Crippen LogP contribution in [0.25, 0.3) is 0 Å². The van der Waals surface area contributed by atoms with Gasteiger partial charge in [-0.05, 0) is 68.2 Å². The Morgan fingerprint density at radius 1 is 0.773 bits per heavy atom. The Hall–Kier alpha value is -1.64. The van der Waals surface area contributed by atoms with Gasteiger partial charge in [-0.2, -0.15) is 0 Å². The quantitative estimate of drug-likeness (QED) is 0.868. The molecule has 22 heavy (non-hydrogen) atoms. The normalized spacial score (nSPS) is 11.2. The summed E-state index contributed by atoms with van der Waals surface area (Å²) in [7, 11) is 4.23. The fourth-order valence-corrected chi connectivity index (χ4v) is 2.77. The maximum Gasteiger partial charge on any atom is 0.0230 e. The summed E-state index contributed by atoms with van der Waals surface area (Å²) in [5, 5.41) is 3.60. The molecule has 0 aromatic heterocycles. The molecule has 0 aliphatic heterocycles. The monoisotopic (exact) mass is 296 g/mol. The molecule has 2 heteroatoms. The summed E-state index contributed by atoms with van der Waals surface area (Å²) in [6, 6.07) is 13.3. The van der Waals surface area contributed by atoms with Gasteiger partial charge in [0.1, 0.15) is 0 Å². The number of benzene rings is 2. The van der Waals surface area contributed by atoms with Crippen molar-refractivity contribution in [2.75, 3.05) is 14.1 Å². The van der Waals surface area contributed by atoms with Crippen molar-refractivity contribution >= 4 is 0 Å². The fraction of sp³-hybridized carbons (Fsp3) is 0.400. The molecule has 0 atom stereocenters. The van der Waals surface area contributed by atoms with E-state index in [4.69, 9.17) is 0 Å². The standard InChI is InChI=1S/C20H28N2/c1-15-10-17(3)20(11-16(15)2)13-21-12-18-8-6-7-9-19(18)14-22(4)5/h6-11,21H,12-14H2,1-5H3. The number of nitrogens with one attached hydrogen (secondary N) is 1. The first-order chi connectivity index (χ1) is 10.5. The van der Waals surface area contributed by atoms with Crippen molar-refractivity contribution in [1.82, 2.24) is 10.2 Å². The third kappa shape index (κ3) is 4.43. The Balaban J connectivity index is 2.01. The summed E-state index contributed by atoms with van der Waals surface area (Å²) in [5.41, 5.74) is 8.30. The van der Waals surface area contributed by atoms with Crippen LogP contribution in [-0.4, -0.2) is 19.0 Å². The third-order valence-electron chi connectivity index (χ3n) is 4.19. The van der Waals surface area contributed by atoms with Gasteiger partial charge in [0, 0.05) is 19.6 Å². The maximum absolute atomic E-state index is 3.60. The molecule has 0 heterocycles. The second-order valence-electron chi connectivity index (χ2n) is 6.47. The molecular formula is C20H28N2. The number of hydrogen-bond acceptors (Lipinski definition) is 2. The molecule has 0 aliphatic rings. The summed E-state index contributed by atoms with van der Waals surface area (Å²) < 4.78 is 0. The Morgan fingerprint density at radius 2 is 1.36 bits per heavy atom. The van der Waals surface area contributed by atoms with Gasteiger partial charge >= 0.3 is 0 Å². The van der Waals surface area contributed by atoms with Crippen LogP contribution in [0.4, 0.5) is 0 Å². The molecule has 2 aromatic carbocycles. The lowest BCUT2D eigenvalue weighted by atomic mass is 10.0. The highest BCUT2D eigenvalue weighted by molar-refractivity contribution is 5.36. The van der Waals surface area contributed by atoms with E-state index in [9.17, 15) is 0 Å². The van der Waals surface area contributed by atoms with Gasteiger partial charge in [-0.25, -0.2) is 0 Å². The van der Waals surface area contributed by atoms with E-state index in [2.05, 4.69) is 81.5 Å². The van der Waals surface area contributed by atoms with E-state index < -0.39 is 0 Å². The molecule has 0 unspecified atom stereocenters. The zero-order valence-electron chi connectivity index (χ0n) is 14.5. The smallest absolute Gasteiger partial charge is 0.0230 e. The third-order valence-corrected chi connectivity index (χ3v) is 4.19. The molecule has 0 radical (unpaired) electrons. The van der Waals surface area contributed by atoms with Gasteiger partial charge in [0.05, 0.1) is 0 Å². The van der Waals surface area contributed by atoms with Crippen LogP contribution in [0.1, 0.15) is 33.4 Å². The van der Waals surface area contributed by atoms with Crippen LogP contribution in [0.3, 0.4) is 0 Å². The van der Waals surface area contributed by atoms with Crippen LogP contribution in [-0.2, 0) is 19.6 Å². The van der Waals surface area contributed by atoms with Gasteiger partial charge in [-0.3, -0.25) is 0 Å². The molecule has 0 saturated carbocycles. The Morgan fingerprint density at radius 3 is 2.05 bits per heavy atom. The molecule has 118 valence electrons. The summed E-state index contributed by atoms with van der Waals surface area (Å²) in [4.78, 5) is 2.21. The van der Waals surface area contributed by atoms with E-state index in [1.807, 2.05) is 0 Å². The molecule has 2 aromatic rings. The SMILES string of the molecule is Cc1cc(C)c(CNCc2ccccc2CN(C)C)cc1C. The number of hydrogen-bond donors (Lipinski definition) is 1. The second kappa shape index (κ2) is 7.57. The molecule has 0 aliphatic carbocycles. The van der Waals surface area contributed by atoms with Crippen LogP contribution in [0.15, 0.2) is 36.4 Å². The molecular weight excluding hydrogens is 268 g/mol. The molecule has 0 spiro atoms. The summed E-state index contributed by atoms with van der Waals surface area (Å²) in [6.45, 7) is 9.38. The summed E-state index contributed by atoms with van der Waals surface area (Å²) in [6.07, 6.45) is 0. The minimum atomic E-state index is 0.913. The minimum Gasteiger partial charge on any atom is -0.309 e. The van der Waals surface area contributed by atoms with Gasteiger partial charge < -0.3 is 10.2 Å². The largest absolute Gasteiger partial charge is 0.309 e. The van der Waals surface area contributed by atoms with Gasteiger partial charge in [0.25, 0.3) is 0 Å². The first kappa shape index (κ1) is 16.7. The molecule has 2 rings (SSSR count). The van der Waals surface area contributed by atoms with E-state index >= 15 is 0 Å². The van der Waals surface area contributed by atoms with Crippen molar-refractivity contribution in [2.45, 2.75) is 40.4 Å². The van der Waals surface area contributed by atoms with Crippen LogP contribution in [0, 0.1) is 20.8 Å². The van der Waals surface area contributed by atoms with E-state index in [-0.39, 0.29) is 0 Å². The van der Waals surface area contributed by atoms with Crippen molar-refractivity contribution in [3.63, 3.8) is 0 Å². The van der Waals surface area contributed by atoms with Crippen molar-refractivity contribution in [2.24, 2.45) is 0 Å². The first-order valence-electron chi connectivity index (χ1n) is 7.96. The first-order valence-corrected chi connectivity index (χ1v) is 7.96. The van der Waals surface area contributed by atoms with E-state index in [1.165, 1.54) is 33.4 Å². The molecule has 1 N–H and O–H groups in total. The van der Waals surface area contributed by atoms with Crippen LogP contribution in [0.2, 0.25) is 0 Å². The van der Waals surface area contributed by atoms with Crippen LogP contribution >= 0.6 is 0 Å². The van der Waals surface area contributed by atoms with Gasteiger partial charge in [-0.1, -0.05) is 36.4 Å². The summed E-state index contributed by atoms with van der Waals surface area (Å²) in [5.74, 6) is 0. The Labute approximate surface area is 135 Å². The van der Waals surface area contributed by atoms with E-state index in [0.717, 1.165) is 19.6 Å². The summed E-state index contributed by atoms with van der Waals surface area (Å²) >= 11 is 0. The van der Waals surface area contributed by atoms with Crippen LogP contribution in [0.5, 0.6) is 0 Å². The average Bonchev–Trinajstić information content (AvgIpc) is 2.45. The zero-order chi connectivity index (χ0) is 16.1. The van der Waals surface area contributed by atoms with Crippen molar-refractivity contribution < 1.29 is 0 Å². The number of aryl methyl sites for hydroxylation is 3. The number of nitrogens with zero attached hydrogens (tertiary/aromatic N) is 1. The van der Waals surface area contributed by atoms with Gasteiger partial charge in [-0.15, -0.1) is 0 Å². The predicted octanol–water partition coefficient (Wildman–Crippen LogP) is 3.96. The lowest BCUT2D eigenvalue weighted by molar-refractivity contribution is 0.400. The Kier molecular flexibility index (Phi) is 5.76. The number of rotatable bonds is 6. The van der Waals surface area contributed by atoms with E-state index in [0.29, 0.717) is 0 Å². The predicted molar refractivity (Wildman–Crippen MR) is 95.0 cm³/mol. The minimum absolute atomic E-state index is 0.913. The lowest BCUT2D eigenvalue weighted by Gasteiger charge is -2.15. The van der Waals surface area contributed by atoms with Gasteiger partial charge in [0.15, 0.2) is 0 Å². The molecule has 0 saturated heterocycles. The average molecular weight is 296 g/mol. The van der Waals surface area contributed by atoms with Crippen molar-refractivity contribution in [3.05, 3.63) is 69.8 Å². The lowest BCUT2D eigenvalue weighted by Crippen LogP contribution is -2.17. The molecule has 2 nitrogen and oxygen atoms in total. The highest BCUT2D eigenvalue weighted by Gasteiger charge is 2.05. The van der Waals surface area contributed by atoms with Gasteiger partial charge in [0.2, 0.25) is 0 Å². The molecule has 0 bridgehead atoms. The van der Waals surface area contributed by atoms with Crippen molar-refractivity contribution in [1.29, 1.82) is 0 Å². The maximum atomic E-state index is 3.60. The van der Waals surface area contributed by atoms with E-state index in [1.54, 1.807) is 0 Å². The van der Waals surface area contributed by atoms with Crippen LogP contribution < -0.4 is 5.32 Å². The highest BCUT2D eigenvalue weighted by Crippen LogP contribution is 2.16. The molecule has 0 amide bonds.